The molecular formula is C25H36N2O5. The highest BCUT2D eigenvalue weighted by Gasteiger charge is 2.28. The van der Waals surface area contributed by atoms with E-state index in [1.54, 1.807) is 24.3 Å². The largest absolute Gasteiger partial charge is 0.490 e. The second kappa shape index (κ2) is 12.5. The lowest BCUT2D eigenvalue weighted by Gasteiger charge is -2.27. The molecule has 32 heavy (non-hydrogen) atoms. The van der Waals surface area contributed by atoms with Crippen molar-refractivity contribution in [2.75, 3.05) is 19.7 Å². The first kappa shape index (κ1) is 24.1. The van der Waals surface area contributed by atoms with Crippen LogP contribution in [0.4, 0.5) is 0 Å². The van der Waals surface area contributed by atoms with Gasteiger partial charge in [-0.2, -0.15) is 0 Å². The zero-order valence-electron chi connectivity index (χ0n) is 19.1. The first-order valence-corrected chi connectivity index (χ1v) is 12.1. The Morgan fingerprint density at radius 3 is 2.16 bits per heavy atom. The number of hydrogen-bond acceptors (Lipinski definition) is 5. The summed E-state index contributed by atoms with van der Waals surface area (Å²) in [6, 6.07) is 7.10. The van der Waals surface area contributed by atoms with Crippen molar-refractivity contribution in [3.8, 4) is 5.75 Å². The Bertz CT molecular complexity index is 750. The lowest BCUT2D eigenvalue weighted by atomic mass is 9.87. The van der Waals surface area contributed by atoms with Crippen LogP contribution in [0.5, 0.6) is 5.75 Å². The molecule has 2 aliphatic rings. The molecule has 0 saturated heterocycles. The van der Waals surface area contributed by atoms with Gasteiger partial charge in [0.1, 0.15) is 5.75 Å². The maximum absolute atomic E-state index is 12.3. The van der Waals surface area contributed by atoms with E-state index in [-0.39, 0.29) is 35.7 Å². The van der Waals surface area contributed by atoms with Crippen LogP contribution in [0.3, 0.4) is 0 Å². The molecule has 7 nitrogen and oxygen atoms in total. The number of esters is 1. The van der Waals surface area contributed by atoms with Gasteiger partial charge in [0.15, 0.2) is 0 Å². The van der Waals surface area contributed by atoms with Gasteiger partial charge in [-0.3, -0.25) is 14.4 Å². The number of amides is 2. The molecule has 176 valence electrons. The predicted molar refractivity (Wildman–Crippen MR) is 121 cm³/mol. The normalized spacial score (nSPS) is 21.4. The summed E-state index contributed by atoms with van der Waals surface area (Å²) in [7, 11) is 0. The van der Waals surface area contributed by atoms with Gasteiger partial charge in [-0.25, -0.2) is 0 Å². The second-order valence-corrected chi connectivity index (χ2v) is 8.75. The summed E-state index contributed by atoms with van der Waals surface area (Å²) in [5, 5.41) is 5.77. The fourth-order valence-corrected chi connectivity index (χ4v) is 4.53. The van der Waals surface area contributed by atoms with Crippen LogP contribution >= 0.6 is 0 Å². The molecule has 2 aliphatic carbocycles. The third kappa shape index (κ3) is 7.24. The van der Waals surface area contributed by atoms with Gasteiger partial charge in [-0.1, -0.05) is 19.3 Å². The van der Waals surface area contributed by atoms with Crippen molar-refractivity contribution in [1.82, 2.24) is 10.6 Å². The Kier molecular flexibility index (Phi) is 9.38. The number of carbonyl (C=O) groups is 3. The highest BCUT2D eigenvalue weighted by atomic mass is 16.5. The molecule has 2 fully saturated rings. The molecule has 0 atom stereocenters. The molecule has 0 bridgehead atoms. The summed E-state index contributed by atoms with van der Waals surface area (Å²) in [6.07, 6.45) is 8.69. The van der Waals surface area contributed by atoms with Crippen molar-refractivity contribution in [2.45, 2.75) is 70.8 Å². The van der Waals surface area contributed by atoms with Crippen molar-refractivity contribution in [3.63, 3.8) is 0 Å². The third-order valence-electron chi connectivity index (χ3n) is 6.40. The average Bonchev–Trinajstić information content (AvgIpc) is 2.83. The number of hydrogen-bond donors (Lipinski definition) is 2. The van der Waals surface area contributed by atoms with E-state index in [4.69, 9.17) is 9.47 Å². The van der Waals surface area contributed by atoms with E-state index in [2.05, 4.69) is 10.6 Å². The summed E-state index contributed by atoms with van der Waals surface area (Å²) >= 11 is 0. The van der Waals surface area contributed by atoms with E-state index in [1.165, 1.54) is 6.42 Å². The molecule has 0 aromatic heterocycles. The molecule has 7 heteroatoms. The minimum absolute atomic E-state index is 0.0201. The first-order chi connectivity index (χ1) is 15.6. The van der Waals surface area contributed by atoms with Gasteiger partial charge in [-0.05, 0) is 69.7 Å². The van der Waals surface area contributed by atoms with E-state index >= 15 is 0 Å². The fraction of sp³-hybridized carbons (Fsp3) is 0.640. The van der Waals surface area contributed by atoms with Crippen molar-refractivity contribution in [1.29, 1.82) is 0 Å². The average molecular weight is 445 g/mol. The number of benzene rings is 1. The molecule has 2 N–H and O–H groups in total. The van der Waals surface area contributed by atoms with Crippen LogP contribution in [0.1, 0.15) is 75.1 Å². The summed E-state index contributed by atoms with van der Waals surface area (Å²) < 4.78 is 11.1. The van der Waals surface area contributed by atoms with Gasteiger partial charge in [0.2, 0.25) is 5.91 Å². The number of nitrogens with one attached hydrogen (secondary N) is 2. The van der Waals surface area contributed by atoms with Crippen molar-refractivity contribution in [2.24, 2.45) is 11.8 Å². The topological polar surface area (TPSA) is 93.7 Å². The van der Waals surface area contributed by atoms with Crippen LogP contribution in [0.2, 0.25) is 0 Å². The number of ether oxygens (including phenoxy) is 2. The van der Waals surface area contributed by atoms with Crippen molar-refractivity contribution in [3.05, 3.63) is 29.8 Å². The Labute approximate surface area is 190 Å². The molecular weight excluding hydrogens is 408 g/mol. The molecule has 0 unspecified atom stereocenters. The molecule has 1 aromatic rings. The molecule has 0 heterocycles. The smallest absolute Gasteiger partial charge is 0.308 e. The molecule has 0 radical (unpaired) electrons. The Morgan fingerprint density at radius 1 is 0.844 bits per heavy atom. The summed E-state index contributed by atoms with van der Waals surface area (Å²) in [4.78, 5) is 36.3. The monoisotopic (exact) mass is 444 g/mol. The fourth-order valence-electron chi connectivity index (χ4n) is 4.53. The molecule has 0 spiro atoms. The molecule has 2 amide bonds. The van der Waals surface area contributed by atoms with E-state index < -0.39 is 0 Å². The maximum Gasteiger partial charge on any atom is 0.308 e. The van der Waals surface area contributed by atoms with Crippen molar-refractivity contribution < 1.29 is 23.9 Å². The zero-order chi connectivity index (χ0) is 22.8. The Morgan fingerprint density at radius 2 is 1.50 bits per heavy atom. The van der Waals surface area contributed by atoms with Gasteiger partial charge in [-0.15, -0.1) is 0 Å². The van der Waals surface area contributed by atoms with Gasteiger partial charge >= 0.3 is 5.97 Å². The summed E-state index contributed by atoms with van der Waals surface area (Å²) in [5.41, 5.74) is 0.557. The van der Waals surface area contributed by atoms with Crippen molar-refractivity contribution >= 4 is 17.8 Å². The molecule has 1 aromatic carbocycles. The first-order valence-electron chi connectivity index (χ1n) is 12.1. The van der Waals surface area contributed by atoms with Crippen LogP contribution in [0.15, 0.2) is 24.3 Å². The minimum atomic E-state index is -0.168. The lowest BCUT2D eigenvalue weighted by Crippen LogP contribution is -2.38. The minimum Gasteiger partial charge on any atom is -0.490 e. The van der Waals surface area contributed by atoms with E-state index in [0.29, 0.717) is 25.3 Å². The zero-order valence-corrected chi connectivity index (χ0v) is 19.1. The Balaban J connectivity index is 1.34. The van der Waals surface area contributed by atoms with Crippen LogP contribution in [-0.2, 0) is 14.3 Å². The molecule has 3 rings (SSSR count). The predicted octanol–water partition coefficient (Wildman–Crippen LogP) is 3.61. The van der Waals surface area contributed by atoms with E-state index in [9.17, 15) is 14.4 Å². The van der Waals surface area contributed by atoms with Gasteiger partial charge < -0.3 is 20.1 Å². The maximum atomic E-state index is 12.3. The van der Waals surface area contributed by atoms with E-state index in [1.807, 2.05) is 6.92 Å². The third-order valence-corrected chi connectivity index (χ3v) is 6.40. The van der Waals surface area contributed by atoms with Gasteiger partial charge in [0.05, 0.1) is 18.6 Å². The van der Waals surface area contributed by atoms with Crippen LogP contribution in [0, 0.1) is 11.8 Å². The SMILES string of the molecule is CCOC(=O)[C@H]1CC[C@@H](Oc2ccc(C(=O)NCCNC(=O)C3CCCCC3)cc2)CC1. The number of rotatable bonds is 9. The van der Waals surface area contributed by atoms with Crippen LogP contribution < -0.4 is 15.4 Å². The molecule has 2 saturated carbocycles. The highest BCUT2D eigenvalue weighted by Crippen LogP contribution is 2.28. The summed E-state index contributed by atoms with van der Waals surface area (Å²) in [5.74, 6) is 0.673. The second-order valence-electron chi connectivity index (χ2n) is 8.75. The van der Waals surface area contributed by atoms with Crippen LogP contribution in [-0.4, -0.2) is 43.6 Å². The molecule has 0 aliphatic heterocycles. The summed E-state index contributed by atoms with van der Waals surface area (Å²) in [6.45, 7) is 3.09. The van der Waals surface area contributed by atoms with Crippen LogP contribution in [0.25, 0.3) is 0 Å². The Hall–Kier alpha value is -2.57. The van der Waals surface area contributed by atoms with E-state index in [0.717, 1.165) is 57.1 Å². The van der Waals surface area contributed by atoms with Gasteiger partial charge in [0, 0.05) is 24.6 Å². The lowest BCUT2D eigenvalue weighted by molar-refractivity contribution is -0.149. The standard InChI is InChI=1S/C25H36N2O5/c1-2-31-25(30)20-10-14-22(15-11-20)32-21-12-8-19(9-13-21)24(29)27-17-16-26-23(28)18-6-4-3-5-7-18/h8-9,12-13,18,20,22H,2-7,10-11,14-17H2,1H3,(H,26,28)(H,27,29)/t20-,22+. The van der Waals surface area contributed by atoms with Gasteiger partial charge in [0.25, 0.3) is 5.91 Å². The highest BCUT2D eigenvalue weighted by molar-refractivity contribution is 5.94. The number of carbonyl (C=O) groups excluding carboxylic acids is 3. The quantitative estimate of drug-likeness (QED) is 0.448.